The van der Waals surface area contributed by atoms with E-state index in [0.29, 0.717) is 0 Å². The summed E-state index contributed by atoms with van der Waals surface area (Å²) in [7, 11) is 0. The minimum absolute atomic E-state index is 0.285. The molecular formula is C12H17NO. The van der Waals surface area contributed by atoms with E-state index in [-0.39, 0.29) is 5.78 Å². The molecule has 1 unspecified atom stereocenters. The van der Waals surface area contributed by atoms with Crippen molar-refractivity contribution in [3.05, 3.63) is 23.4 Å². The van der Waals surface area contributed by atoms with Crippen LogP contribution in [-0.2, 0) is 4.79 Å². The lowest BCUT2D eigenvalue weighted by Gasteiger charge is -2.24. The van der Waals surface area contributed by atoms with Crippen LogP contribution in [0.5, 0.6) is 0 Å². The van der Waals surface area contributed by atoms with Crippen molar-refractivity contribution in [2.75, 3.05) is 6.54 Å². The molecular weight excluding hydrogens is 174 g/mol. The van der Waals surface area contributed by atoms with Crippen LogP contribution in [0.1, 0.15) is 32.6 Å². The number of nitrogens with one attached hydrogen (secondary N) is 1. The number of rotatable bonds is 1. The average molecular weight is 191 g/mol. The molecule has 0 spiro atoms. The fourth-order valence-electron chi connectivity index (χ4n) is 2.01. The average Bonchev–Trinajstić information content (AvgIpc) is 2.19. The van der Waals surface area contributed by atoms with E-state index in [1.54, 1.807) is 0 Å². The van der Waals surface area contributed by atoms with Gasteiger partial charge in [0.25, 0.3) is 0 Å². The Balaban J connectivity index is 2.11. The molecule has 2 rings (SSSR count). The molecule has 0 bridgehead atoms. The van der Waals surface area contributed by atoms with Crippen LogP contribution in [0, 0.1) is 5.92 Å². The van der Waals surface area contributed by atoms with Crippen LogP contribution in [0.3, 0.4) is 0 Å². The SMILES string of the molecule is CC1CC=C(C2=CC(=O)CCC2)NC1. The molecule has 0 radical (unpaired) electrons. The molecule has 76 valence electrons. The first kappa shape index (κ1) is 9.50. The molecule has 0 aromatic heterocycles. The highest BCUT2D eigenvalue weighted by atomic mass is 16.1. The molecule has 1 atom stereocenters. The number of carbonyl (C=O) groups excluding carboxylic acids is 1. The van der Waals surface area contributed by atoms with Crippen molar-refractivity contribution in [3.63, 3.8) is 0 Å². The first-order chi connectivity index (χ1) is 6.75. The van der Waals surface area contributed by atoms with E-state index in [1.807, 2.05) is 6.08 Å². The van der Waals surface area contributed by atoms with Gasteiger partial charge < -0.3 is 5.32 Å². The zero-order valence-corrected chi connectivity index (χ0v) is 8.68. The van der Waals surface area contributed by atoms with Gasteiger partial charge in [-0.15, -0.1) is 0 Å². The third-order valence-electron chi connectivity index (χ3n) is 2.92. The molecule has 1 aliphatic heterocycles. The topological polar surface area (TPSA) is 29.1 Å². The molecule has 0 fully saturated rings. The van der Waals surface area contributed by atoms with Crippen molar-refractivity contribution in [3.8, 4) is 0 Å². The Hall–Kier alpha value is -1.05. The van der Waals surface area contributed by atoms with Crippen LogP contribution in [0.15, 0.2) is 23.4 Å². The lowest BCUT2D eigenvalue weighted by molar-refractivity contribution is -0.115. The number of ketones is 1. The molecule has 2 aliphatic rings. The highest BCUT2D eigenvalue weighted by molar-refractivity contribution is 5.91. The molecule has 14 heavy (non-hydrogen) atoms. The lowest BCUT2D eigenvalue weighted by atomic mass is 9.93. The molecule has 0 saturated heterocycles. The maximum Gasteiger partial charge on any atom is 0.156 e. The number of hydrogen-bond donors (Lipinski definition) is 1. The second-order valence-electron chi connectivity index (χ2n) is 4.33. The van der Waals surface area contributed by atoms with Gasteiger partial charge in [0, 0.05) is 18.7 Å². The van der Waals surface area contributed by atoms with E-state index in [1.165, 1.54) is 11.3 Å². The Morgan fingerprint density at radius 3 is 2.93 bits per heavy atom. The van der Waals surface area contributed by atoms with Crippen LogP contribution in [0.4, 0.5) is 0 Å². The van der Waals surface area contributed by atoms with Crippen molar-refractivity contribution in [1.29, 1.82) is 0 Å². The third-order valence-corrected chi connectivity index (χ3v) is 2.92. The maximum atomic E-state index is 11.2. The smallest absolute Gasteiger partial charge is 0.156 e. The summed E-state index contributed by atoms with van der Waals surface area (Å²) in [5.41, 5.74) is 2.42. The van der Waals surface area contributed by atoms with Gasteiger partial charge in [-0.05, 0) is 36.8 Å². The van der Waals surface area contributed by atoms with Crippen molar-refractivity contribution < 1.29 is 4.79 Å². The summed E-state index contributed by atoms with van der Waals surface area (Å²) < 4.78 is 0. The van der Waals surface area contributed by atoms with Gasteiger partial charge >= 0.3 is 0 Å². The summed E-state index contributed by atoms with van der Waals surface area (Å²) in [6.07, 6.45) is 7.98. The molecule has 0 saturated carbocycles. The van der Waals surface area contributed by atoms with Gasteiger partial charge in [0.2, 0.25) is 0 Å². The van der Waals surface area contributed by atoms with Crippen LogP contribution < -0.4 is 5.32 Å². The zero-order chi connectivity index (χ0) is 9.97. The lowest BCUT2D eigenvalue weighted by Crippen LogP contribution is -2.26. The Bertz CT molecular complexity index is 301. The Labute approximate surface area is 85.1 Å². The van der Waals surface area contributed by atoms with Crippen LogP contribution in [-0.4, -0.2) is 12.3 Å². The van der Waals surface area contributed by atoms with E-state index in [4.69, 9.17) is 0 Å². The fourth-order valence-corrected chi connectivity index (χ4v) is 2.01. The third kappa shape index (κ3) is 2.06. The highest BCUT2D eigenvalue weighted by Crippen LogP contribution is 2.23. The molecule has 0 aromatic rings. The van der Waals surface area contributed by atoms with Gasteiger partial charge in [-0.2, -0.15) is 0 Å². The van der Waals surface area contributed by atoms with Crippen molar-refractivity contribution in [2.24, 2.45) is 5.92 Å². The molecule has 1 heterocycles. The number of allylic oxidation sites excluding steroid dienone is 3. The largest absolute Gasteiger partial charge is 0.385 e. The van der Waals surface area contributed by atoms with Crippen LogP contribution in [0.25, 0.3) is 0 Å². The molecule has 0 aromatic carbocycles. The van der Waals surface area contributed by atoms with Gasteiger partial charge in [-0.25, -0.2) is 0 Å². The number of hydrogen-bond acceptors (Lipinski definition) is 2. The first-order valence-corrected chi connectivity index (χ1v) is 5.43. The summed E-state index contributed by atoms with van der Waals surface area (Å²) in [6, 6.07) is 0. The summed E-state index contributed by atoms with van der Waals surface area (Å²) in [4.78, 5) is 11.2. The van der Waals surface area contributed by atoms with Crippen LogP contribution >= 0.6 is 0 Å². The van der Waals surface area contributed by atoms with Gasteiger partial charge in [0.05, 0.1) is 0 Å². The monoisotopic (exact) mass is 191 g/mol. The van der Waals surface area contributed by atoms with E-state index < -0.39 is 0 Å². The highest BCUT2D eigenvalue weighted by Gasteiger charge is 2.16. The molecule has 2 heteroatoms. The quantitative estimate of drug-likeness (QED) is 0.688. The van der Waals surface area contributed by atoms with Gasteiger partial charge in [-0.3, -0.25) is 4.79 Å². The Morgan fingerprint density at radius 2 is 2.29 bits per heavy atom. The molecule has 1 N–H and O–H groups in total. The second kappa shape index (κ2) is 3.99. The Kier molecular flexibility index (Phi) is 2.71. The van der Waals surface area contributed by atoms with Crippen LogP contribution in [0.2, 0.25) is 0 Å². The maximum absolute atomic E-state index is 11.2. The summed E-state index contributed by atoms with van der Waals surface area (Å²) >= 11 is 0. The second-order valence-corrected chi connectivity index (χ2v) is 4.33. The predicted molar refractivity (Wildman–Crippen MR) is 56.8 cm³/mol. The predicted octanol–water partition coefficient (Wildman–Crippen LogP) is 2.18. The van der Waals surface area contributed by atoms with E-state index in [2.05, 4.69) is 18.3 Å². The molecule has 1 aliphatic carbocycles. The van der Waals surface area contributed by atoms with Gasteiger partial charge in [-0.1, -0.05) is 13.0 Å². The molecule has 0 amide bonds. The summed E-state index contributed by atoms with van der Waals surface area (Å²) in [6.45, 7) is 3.28. The van der Waals surface area contributed by atoms with Crippen molar-refractivity contribution in [1.82, 2.24) is 5.32 Å². The molecule has 2 nitrogen and oxygen atoms in total. The van der Waals surface area contributed by atoms with Gasteiger partial charge in [0.15, 0.2) is 5.78 Å². The minimum Gasteiger partial charge on any atom is -0.385 e. The fraction of sp³-hybridized carbons (Fsp3) is 0.583. The van der Waals surface area contributed by atoms with E-state index in [0.717, 1.165) is 38.1 Å². The van der Waals surface area contributed by atoms with E-state index in [9.17, 15) is 4.79 Å². The summed E-state index contributed by atoms with van der Waals surface area (Å²) in [5.74, 6) is 1.01. The van der Waals surface area contributed by atoms with Crippen molar-refractivity contribution in [2.45, 2.75) is 32.6 Å². The Morgan fingerprint density at radius 1 is 1.43 bits per heavy atom. The number of carbonyl (C=O) groups is 1. The zero-order valence-electron chi connectivity index (χ0n) is 8.68. The first-order valence-electron chi connectivity index (χ1n) is 5.43. The minimum atomic E-state index is 0.285. The standard InChI is InChI=1S/C12H17NO/c1-9-5-6-12(13-8-9)10-3-2-4-11(14)7-10/h6-7,9,13H,2-5,8H2,1H3. The summed E-state index contributed by atoms with van der Waals surface area (Å²) in [5, 5.41) is 3.40. The normalized spacial score (nSPS) is 27.8. The van der Waals surface area contributed by atoms with Gasteiger partial charge in [0.1, 0.15) is 0 Å². The van der Waals surface area contributed by atoms with Crippen molar-refractivity contribution >= 4 is 5.78 Å². The van der Waals surface area contributed by atoms with E-state index >= 15 is 0 Å².